The Labute approximate surface area is 102 Å². The maximum Gasteiger partial charge on any atom is 0.220 e. The summed E-state index contributed by atoms with van der Waals surface area (Å²) >= 11 is 0. The molecule has 1 saturated carbocycles. The molecule has 2 rings (SSSR count). The van der Waals surface area contributed by atoms with Crippen LogP contribution in [0.3, 0.4) is 0 Å². The Morgan fingerprint density at radius 3 is 2.71 bits per heavy atom. The van der Waals surface area contributed by atoms with Gasteiger partial charge in [-0.1, -0.05) is 32.0 Å². The van der Waals surface area contributed by atoms with Crippen LogP contribution in [0.2, 0.25) is 0 Å². The summed E-state index contributed by atoms with van der Waals surface area (Å²) in [5.74, 6) is 0.129. The molecule has 0 saturated heterocycles. The summed E-state index contributed by atoms with van der Waals surface area (Å²) in [5.41, 5.74) is 7.95. The lowest BCUT2D eigenvalue weighted by Gasteiger charge is -2.08. The Kier molecular flexibility index (Phi) is 3.09. The van der Waals surface area contributed by atoms with Gasteiger partial charge in [0.2, 0.25) is 5.91 Å². The molecule has 1 aromatic carbocycles. The number of carbonyl (C=O) groups is 1. The van der Waals surface area contributed by atoms with E-state index in [1.807, 2.05) is 24.3 Å². The Balaban J connectivity index is 1.79. The van der Waals surface area contributed by atoms with E-state index in [4.69, 9.17) is 5.73 Å². The molecule has 0 bridgehead atoms. The van der Waals surface area contributed by atoms with Crippen LogP contribution in [-0.4, -0.2) is 11.9 Å². The molecule has 1 aliphatic carbocycles. The first-order valence-electron chi connectivity index (χ1n) is 6.12. The third-order valence-electron chi connectivity index (χ3n) is 3.53. The highest BCUT2D eigenvalue weighted by atomic mass is 16.1. The van der Waals surface area contributed by atoms with E-state index in [1.54, 1.807) is 0 Å². The monoisotopic (exact) mass is 232 g/mol. The minimum absolute atomic E-state index is 0.129. The first-order valence-corrected chi connectivity index (χ1v) is 6.12. The van der Waals surface area contributed by atoms with Gasteiger partial charge in [-0.2, -0.15) is 0 Å². The van der Waals surface area contributed by atoms with E-state index >= 15 is 0 Å². The highest BCUT2D eigenvalue weighted by Gasteiger charge is 2.46. The molecule has 1 amide bonds. The van der Waals surface area contributed by atoms with Crippen molar-refractivity contribution in [1.29, 1.82) is 0 Å². The lowest BCUT2D eigenvalue weighted by atomic mass is 10.1. The maximum absolute atomic E-state index is 11.7. The zero-order valence-corrected chi connectivity index (χ0v) is 10.5. The van der Waals surface area contributed by atoms with Crippen LogP contribution in [0.25, 0.3) is 0 Å². The highest BCUT2D eigenvalue weighted by molar-refractivity contribution is 5.77. The van der Waals surface area contributed by atoms with E-state index in [-0.39, 0.29) is 5.91 Å². The third-order valence-corrected chi connectivity index (χ3v) is 3.53. The molecular formula is C14H20N2O. The molecule has 1 unspecified atom stereocenters. The SMILES string of the molecule is CC1(C)CC1NC(=O)CCc1ccccc1N. The largest absolute Gasteiger partial charge is 0.399 e. The number of hydrogen-bond donors (Lipinski definition) is 2. The fourth-order valence-corrected chi connectivity index (χ4v) is 1.99. The number of hydrogen-bond acceptors (Lipinski definition) is 2. The van der Waals surface area contributed by atoms with Gasteiger partial charge in [0.05, 0.1) is 0 Å². The van der Waals surface area contributed by atoms with E-state index in [2.05, 4.69) is 19.2 Å². The van der Waals surface area contributed by atoms with Gasteiger partial charge in [-0.3, -0.25) is 4.79 Å². The molecule has 3 nitrogen and oxygen atoms in total. The van der Waals surface area contributed by atoms with Gasteiger partial charge >= 0.3 is 0 Å². The van der Waals surface area contributed by atoms with Gasteiger partial charge in [-0.15, -0.1) is 0 Å². The van der Waals surface area contributed by atoms with E-state index in [0.717, 1.165) is 17.7 Å². The predicted molar refractivity (Wildman–Crippen MR) is 69.5 cm³/mol. The summed E-state index contributed by atoms with van der Waals surface area (Å²) in [6, 6.07) is 8.07. The third kappa shape index (κ3) is 2.99. The van der Waals surface area contributed by atoms with Crippen molar-refractivity contribution in [2.45, 2.75) is 39.2 Å². The summed E-state index contributed by atoms with van der Waals surface area (Å²) in [7, 11) is 0. The van der Waals surface area contributed by atoms with Crippen molar-refractivity contribution in [3.8, 4) is 0 Å². The standard InChI is InChI=1S/C14H20N2O/c1-14(2)9-12(14)16-13(17)8-7-10-5-3-4-6-11(10)15/h3-6,12H,7-9,15H2,1-2H3,(H,16,17). The highest BCUT2D eigenvalue weighted by Crippen LogP contribution is 2.44. The molecule has 1 atom stereocenters. The molecule has 3 N–H and O–H groups in total. The number of anilines is 1. The van der Waals surface area contributed by atoms with E-state index in [1.165, 1.54) is 0 Å². The summed E-state index contributed by atoms with van der Waals surface area (Å²) in [4.78, 5) is 11.7. The quantitative estimate of drug-likeness (QED) is 0.781. The second-order valence-corrected chi connectivity index (χ2v) is 5.51. The van der Waals surface area contributed by atoms with Gasteiger partial charge in [-0.25, -0.2) is 0 Å². The zero-order chi connectivity index (χ0) is 12.5. The molecule has 3 heteroatoms. The molecular weight excluding hydrogens is 212 g/mol. The molecule has 1 aliphatic rings. The summed E-state index contributed by atoms with van der Waals surface area (Å²) in [6.45, 7) is 4.35. The maximum atomic E-state index is 11.7. The Hall–Kier alpha value is -1.51. The Morgan fingerprint density at radius 2 is 2.12 bits per heavy atom. The number of aryl methyl sites for hydroxylation is 1. The van der Waals surface area contributed by atoms with Gasteiger partial charge in [0, 0.05) is 18.2 Å². The van der Waals surface area contributed by atoms with E-state index in [0.29, 0.717) is 24.3 Å². The minimum Gasteiger partial charge on any atom is -0.399 e. The molecule has 0 aliphatic heterocycles. The number of rotatable bonds is 4. The molecule has 17 heavy (non-hydrogen) atoms. The molecule has 0 spiro atoms. The van der Waals surface area contributed by atoms with Crippen LogP contribution in [0.4, 0.5) is 5.69 Å². The smallest absolute Gasteiger partial charge is 0.220 e. The average Bonchev–Trinajstić information content (AvgIpc) is 2.85. The van der Waals surface area contributed by atoms with Crippen LogP contribution in [0.15, 0.2) is 24.3 Å². The number of para-hydroxylation sites is 1. The number of benzene rings is 1. The molecule has 1 aromatic rings. The molecule has 0 radical (unpaired) electrons. The molecule has 0 aromatic heterocycles. The first kappa shape index (κ1) is 12.0. The van der Waals surface area contributed by atoms with Crippen molar-refractivity contribution in [1.82, 2.24) is 5.32 Å². The number of nitrogens with one attached hydrogen (secondary N) is 1. The van der Waals surface area contributed by atoms with Crippen molar-refractivity contribution < 1.29 is 4.79 Å². The lowest BCUT2D eigenvalue weighted by Crippen LogP contribution is -2.28. The van der Waals surface area contributed by atoms with Crippen LogP contribution in [0.5, 0.6) is 0 Å². The predicted octanol–water partition coefficient (Wildman–Crippen LogP) is 2.12. The van der Waals surface area contributed by atoms with Crippen LogP contribution in [0.1, 0.15) is 32.3 Å². The number of amides is 1. The van der Waals surface area contributed by atoms with Crippen molar-refractivity contribution in [3.63, 3.8) is 0 Å². The summed E-state index contributed by atoms with van der Waals surface area (Å²) in [6.07, 6.45) is 2.32. The van der Waals surface area contributed by atoms with Gasteiger partial charge < -0.3 is 11.1 Å². The first-order chi connectivity index (χ1) is 7.99. The molecule has 1 fully saturated rings. The number of carbonyl (C=O) groups excluding carboxylic acids is 1. The number of nitrogen functional groups attached to an aromatic ring is 1. The lowest BCUT2D eigenvalue weighted by molar-refractivity contribution is -0.121. The van der Waals surface area contributed by atoms with Gasteiger partial charge in [0.1, 0.15) is 0 Å². The van der Waals surface area contributed by atoms with Crippen molar-refractivity contribution in [2.24, 2.45) is 5.41 Å². The van der Waals surface area contributed by atoms with Gasteiger partial charge in [0.25, 0.3) is 0 Å². The summed E-state index contributed by atoms with van der Waals surface area (Å²) < 4.78 is 0. The normalized spacial score (nSPS) is 20.9. The van der Waals surface area contributed by atoms with Crippen LogP contribution in [-0.2, 0) is 11.2 Å². The number of nitrogens with two attached hydrogens (primary N) is 1. The van der Waals surface area contributed by atoms with Gasteiger partial charge in [-0.05, 0) is 29.9 Å². The van der Waals surface area contributed by atoms with E-state index in [9.17, 15) is 4.79 Å². The Bertz CT molecular complexity index is 426. The minimum atomic E-state index is 0.129. The fraction of sp³-hybridized carbons (Fsp3) is 0.500. The second kappa shape index (κ2) is 4.40. The fourth-order valence-electron chi connectivity index (χ4n) is 1.99. The molecule has 92 valence electrons. The molecule has 0 heterocycles. The van der Waals surface area contributed by atoms with Crippen LogP contribution < -0.4 is 11.1 Å². The van der Waals surface area contributed by atoms with Crippen LogP contribution >= 0.6 is 0 Å². The van der Waals surface area contributed by atoms with E-state index < -0.39 is 0 Å². The van der Waals surface area contributed by atoms with Crippen LogP contribution in [0, 0.1) is 5.41 Å². The van der Waals surface area contributed by atoms with Crippen molar-refractivity contribution in [2.75, 3.05) is 5.73 Å². The van der Waals surface area contributed by atoms with Crippen molar-refractivity contribution >= 4 is 11.6 Å². The van der Waals surface area contributed by atoms with Gasteiger partial charge in [0.15, 0.2) is 0 Å². The topological polar surface area (TPSA) is 55.1 Å². The average molecular weight is 232 g/mol. The second-order valence-electron chi connectivity index (χ2n) is 5.51. The van der Waals surface area contributed by atoms with Crippen molar-refractivity contribution in [3.05, 3.63) is 29.8 Å². The zero-order valence-electron chi connectivity index (χ0n) is 10.5. The Morgan fingerprint density at radius 1 is 1.47 bits per heavy atom. The summed E-state index contributed by atoms with van der Waals surface area (Å²) in [5, 5.41) is 3.05.